The molecule has 0 aromatic carbocycles. The van der Waals surface area contributed by atoms with Gasteiger partial charge in [-0.15, -0.1) is 0 Å². The molecule has 0 spiro atoms. The van der Waals surface area contributed by atoms with Gasteiger partial charge in [0, 0.05) is 0 Å². The van der Waals surface area contributed by atoms with Crippen molar-refractivity contribution in [1.82, 2.24) is 0 Å². The molecule has 0 amide bonds. The predicted octanol–water partition coefficient (Wildman–Crippen LogP) is 3.12. The van der Waals surface area contributed by atoms with Gasteiger partial charge in [-0.3, -0.25) is 4.55 Å². The van der Waals surface area contributed by atoms with Gasteiger partial charge in [-0.1, -0.05) is 40.5 Å². The lowest BCUT2D eigenvalue weighted by atomic mass is 9.60. The molecule has 0 bridgehead atoms. The van der Waals surface area contributed by atoms with E-state index < -0.39 is 10.1 Å². The molecule has 0 atom stereocenters. The zero-order valence-electron chi connectivity index (χ0n) is 10.5. The quantitative estimate of drug-likeness (QED) is 0.657. The molecule has 0 aromatic rings. The van der Waals surface area contributed by atoms with Crippen LogP contribution in [0, 0.1) is 10.8 Å². The molecule has 0 unspecified atom stereocenters. The van der Waals surface area contributed by atoms with Gasteiger partial charge in [0.25, 0.3) is 10.1 Å². The van der Waals surface area contributed by atoms with Crippen molar-refractivity contribution in [3.63, 3.8) is 0 Å². The van der Waals surface area contributed by atoms with Crippen LogP contribution >= 0.6 is 0 Å². The Bertz CT molecular complexity index is 265. The second kappa shape index (κ2) is 4.83. The molecule has 1 rings (SSSR count). The van der Waals surface area contributed by atoms with Crippen molar-refractivity contribution in [3.8, 4) is 0 Å². The molecule has 1 N–H and O–H groups in total. The highest BCUT2D eigenvalue weighted by atomic mass is 32.2. The van der Waals surface area contributed by atoms with Gasteiger partial charge >= 0.3 is 0 Å². The fourth-order valence-corrected chi connectivity index (χ4v) is 1.81. The third kappa shape index (κ3) is 6.15. The molecule has 15 heavy (non-hydrogen) atoms. The first-order valence-corrected chi connectivity index (χ1v) is 7.23. The van der Waals surface area contributed by atoms with Crippen LogP contribution in [0.3, 0.4) is 0 Å². The smallest absolute Gasteiger partial charge is 0.261 e. The minimum atomic E-state index is -3.67. The van der Waals surface area contributed by atoms with Crippen LogP contribution in [0.5, 0.6) is 0 Å². The number of hydrogen-bond acceptors (Lipinski definition) is 2. The summed E-state index contributed by atoms with van der Waals surface area (Å²) in [7, 11) is -3.67. The molecule has 92 valence electrons. The first-order valence-electron chi connectivity index (χ1n) is 5.38. The van der Waals surface area contributed by atoms with Gasteiger partial charge in [0.1, 0.15) is 0 Å². The van der Waals surface area contributed by atoms with E-state index in [0.717, 1.165) is 0 Å². The normalized spacial score (nSPS) is 23.9. The zero-order valence-corrected chi connectivity index (χ0v) is 11.3. The summed E-state index contributed by atoms with van der Waals surface area (Å²) in [6.45, 7) is 9.64. The molecule has 0 heterocycles. The maximum atomic E-state index is 9.19. The first kappa shape index (κ1) is 14.9. The minimum Gasteiger partial charge on any atom is -0.286 e. The monoisotopic (exact) mass is 236 g/mol. The minimum absolute atomic E-state index is 0.575. The summed E-state index contributed by atoms with van der Waals surface area (Å²) in [6, 6.07) is 0. The lowest BCUT2D eigenvalue weighted by Crippen LogP contribution is -2.35. The van der Waals surface area contributed by atoms with Gasteiger partial charge in [-0.25, -0.2) is 0 Å². The Morgan fingerprint density at radius 2 is 1.13 bits per heavy atom. The van der Waals surface area contributed by atoms with Crippen LogP contribution in [0.25, 0.3) is 0 Å². The number of hydrogen-bond donors (Lipinski definition) is 1. The van der Waals surface area contributed by atoms with Gasteiger partial charge in [0.15, 0.2) is 0 Å². The van der Waals surface area contributed by atoms with E-state index in [1.807, 2.05) is 0 Å². The Labute approximate surface area is 94.0 Å². The lowest BCUT2D eigenvalue weighted by molar-refractivity contribution is 0.0520. The van der Waals surface area contributed by atoms with E-state index in [0.29, 0.717) is 17.1 Å². The van der Waals surface area contributed by atoms with Crippen molar-refractivity contribution >= 4 is 10.1 Å². The van der Waals surface area contributed by atoms with Gasteiger partial charge < -0.3 is 0 Å². The largest absolute Gasteiger partial charge is 0.286 e. The topological polar surface area (TPSA) is 54.4 Å². The van der Waals surface area contributed by atoms with Crippen molar-refractivity contribution in [3.05, 3.63) is 0 Å². The number of rotatable bonds is 0. The van der Waals surface area contributed by atoms with Crippen molar-refractivity contribution < 1.29 is 13.0 Å². The van der Waals surface area contributed by atoms with Crippen LogP contribution in [-0.2, 0) is 10.1 Å². The maximum absolute atomic E-state index is 9.19. The summed E-state index contributed by atoms with van der Waals surface area (Å²) in [6.07, 6.45) is 6.43. The molecule has 0 aromatic heterocycles. The molecular formula is C11H24O3S. The Morgan fingerprint density at radius 1 is 0.933 bits per heavy atom. The molecule has 0 radical (unpaired) electrons. The highest BCUT2D eigenvalue weighted by Gasteiger charge is 2.38. The molecule has 3 nitrogen and oxygen atoms in total. The SMILES string of the molecule is CC1(C)CCCCC1(C)C.CS(=O)(=O)O. The average molecular weight is 236 g/mol. The summed E-state index contributed by atoms with van der Waals surface area (Å²) in [5.74, 6) is 0. The van der Waals surface area contributed by atoms with Crippen LogP contribution in [0.4, 0.5) is 0 Å². The van der Waals surface area contributed by atoms with E-state index in [1.165, 1.54) is 25.7 Å². The molecule has 0 saturated heterocycles. The maximum Gasteiger partial charge on any atom is 0.261 e. The first-order chi connectivity index (χ1) is 6.46. The molecule has 4 heteroatoms. The molecule has 1 saturated carbocycles. The molecule has 0 aliphatic heterocycles. The van der Waals surface area contributed by atoms with Crippen LogP contribution in [0.2, 0.25) is 0 Å². The van der Waals surface area contributed by atoms with E-state index in [4.69, 9.17) is 4.55 Å². The second-order valence-corrected chi connectivity index (χ2v) is 7.17. The van der Waals surface area contributed by atoms with E-state index in [1.54, 1.807) is 0 Å². The molecule has 1 aliphatic carbocycles. The fraction of sp³-hybridized carbons (Fsp3) is 1.00. The Morgan fingerprint density at radius 3 is 1.27 bits per heavy atom. The van der Waals surface area contributed by atoms with Crippen LogP contribution in [0.1, 0.15) is 53.4 Å². The molecular weight excluding hydrogens is 212 g/mol. The van der Waals surface area contributed by atoms with E-state index in [-0.39, 0.29) is 0 Å². The highest BCUT2D eigenvalue weighted by molar-refractivity contribution is 7.85. The van der Waals surface area contributed by atoms with Crippen molar-refractivity contribution in [2.24, 2.45) is 10.8 Å². The predicted molar refractivity (Wildman–Crippen MR) is 63.5 cm³/mol. The Balaban J connectivity index is 0.000000336. The fourth-order valence-electron chi connectivity index (χ4n) is 1.81. The van der Waals surface area contributed by atoms with Gasteiger partial charge in [-0.05, 0) is 23.7 Å². The summed E-state index contributed by atoms with van der Waals surface area (Å²) >= 11 is 0. The summed E-state index contributed by atoms with van der Waals surface area (Å²) < 4.78 is 25.9. The zero-order chi connectivity index (χ0) is 12.3. The third-order valence-corrected chi connectivity index (χ3v) is 3.69. The average Bonchev–Trinajstić information content (AvgIpc) is 1.92. The van der Waals surface area contributed by atoms with Gasteiger partial charge in [0.05, 0.1) is 6.26 Å². The van der Waals surface area contributed by atoms with E-state index in [9.17, 15) is 8.42 Å². The van der Waals surface area contributed by atoms with Gasteiger partial charge in [0.2, 0.25) is 0 Å². The van der Waals surface area contributed by atoms with Crippen molar-refractivity contribution in [2.75, 3.05) is 6.26 Å². The second-order valence-electron chi connectivity index (χ2n) is 5.71. The highest BCUT2D eigenvalue weighted by Crippen LogP contribution is 2.49. The standard InChI is InChI=1S/C10H20.CH4O3S/c1-9(2)7-5-6-8-10(9,3)4;1-5(2,3)4/h5-8H2,1-4H3;1H3,(H,2,3,4). The van der Waals surface area contributed by atoms with Crippen molar-refractivity contribution in [1.29, 1.82) is 0 Å². The van der Waals surface area contributed by atoms with Crippen molar-refractivity contribution in [2.45, 2.75) is 53.4 Å². The Hall–Kier alpha value is -0.0900. The summed E-state index contributed by atoms with van der Waals surface area (Å²) in [5, 5.41) is 0. The Kier molecular flexibility index (Phi) is 4.80. The van der Waals surface area contributed by atoms with Crippen LogP contribution < -0.4 is 0 Å². The van der Waals surface area contributed by atoms with Gasteiger partial charge in [-0.2, -0.15) is 8.42 Å². The van der Waals surface area contributed by atoms with Crippen LogP contribution in [-0.4, -0.2) is 19.2 Å². The van der Waals surface area contributed by atoms with E-state index in [2.05, 4.69) is 27.7 Å². The molecule has 1 aliphatic rings. The molecule has 1 fully saturated rings. The summed E-state index contributed by atoms with van der Waals surface area (Å²) in [5.41, 5.74) is 1.15. The van der Waals surface area contributed by atoms with Crippen LogP contribution in [0.15, 0.2) is 0 Å². The van der Waals surface area contributed by atoms with E-state index >= 15 is 0 Å². The lowest BCUT2D eigenvalue weighted by Gasteiger charge is -2.45. The third-order valence-electron chi connectivity index (χ3n) is 3.69. The summed E-state index contributed by atoms with van der Waals surface area (Å²) in [4.78, 5) is 0.